The molecule has 0 radical (unpaired) electrons. The molecule has 1 aliphatic carbocycles. The number of amides is 2. The highest BCUT2D eigenvalue weighted by molar-refractivity contribution is 5.82. The third-order valence-electron chi connectivity index (χ3n) is 5.64. The van der Waals surface area contributed by atoms with Gasteiger partial charge in [0.05, 0.1) is 18.1 Å². The fourth-order valence-corrected chi connectivity index (χ4v) is 3.90. The van der Waals surface area contributed by atoms with Crippen LogP contribution < -0.4 is 5.32 Å². The molecule has 1 aromatic carbocycles. The molecule has 0 spiro atoms. The predicted molar refractivity (Wildman–Crippen MR) is 95.8 cm³/mol. The number of benzene rings is 1. The highest BCUT2D eigenvalue weighted by Gasteiger charge is 2.35. The molecule has 136 valence electrons. The lowest BCUT2D eigenvalue weighted by Crippen LogP contribution is -2.48. The number of carbonyl (C=O) groups excluding carboxylic acids is 2. The Balaban J connectivity index is 1.64. The molecule has 4 unspecified atom stereocenters. The van der Waals surface area contributed by atoms with Gasteiger partial charge in [-0.1, -0.05) is 38.1 Å². The zero-order valence-electron chi connectivity index (χ0n) is 15.1. The Labute approximate surface area is 149 Å². The number of nitrogens with zero attached hydrogens (tertiary/aromatic N) is 1. The third kappa shape index (κ3) is 3.71. The minimum absolute atomic E-state index is 0.00495. The molecule has 0 aromatic heterocycles. The zero-order valence-corrected chi connectivity index (χ0v) is 15.1. The van der Waals surface area contributed by atoms with Crippen LogP contribution in [0.2, 0.25) is 0 Å². The number of hydrogen-bond donors (Lipinski definition) is 2. The Morgan fingerprint density at radius 1 is 1.36 bits per heavy atom. The third-order valence-corrected chi connectivity index (χ3v) is 5.64. The van der Waals surface area contributed by atoms with Crippen molar-refractivity contribution in [3.8, 4) is 0 Å². The van der Waals surface area contributed by atoms with Crippen molar-refractivity contribution in [2.45, 2.75) is 51.7 Å². The summed E-state index contributed by atoms with van der Waals surface area (Å²) in [5, 5.41) is 13.4. The van der Waals surface area contributed by atoms with Crippen molar-refractivity contribution in [1.82, 2.24) is 10.2 Å². The first-order valence-electron chi connectivity index (χ1n) is 9.36. The van der Waals surface area contributed by atoms with E-state index in [-0.39, 0.29) is 29.7 Å². The minimum Gasteiger partial charge on any atom is -0.390 e. The second-order valence-electron chi connectivity index (χ2n) is 7.39. The van der Waals surface area contributed by atoms with Crippen LogP contribution in [0.4, 0.5) is 0 Å². The summed E-state index contributed by atoms with van der Waals surface area (Å²) in [5.41, 5.74) is 2.10. The van der Waals surface area contributed by atoms with Crippen molar-refractivity contribution in [2.24, 2.45) is 11.8 Å². The number of nitrogens with one attached hydrogen (secondary N) is 1. The summed E-state index contributed by atoms with van der Waals surface area (Å²) in [6.45, 7) is 5.18. The van der Waals surface area contributed by atoms with Gasteiger partial charge in [-0.25, -0.2) is 0 Å². The van der Waals surface area contributed by atoms with Crippen LogP contribution in [0.5, 0.6) is 0 Å². The monoisotopic (exact) mass is 344 g/mol. The summed E-state index contributed by atoms with van der Waals surface area (Å²) in [5.74, 6) is -0.0966. The van der Waals surface area contributed by atoms with Crippen LogP contribution in [0.15, 0.2) is 24.3 Å². The largest absolute Gasteiger partial charge is 0.390 e. The molecule has 1 saturated heterocycles. The average Bonchev–Trinajstić information content (AvgIpc) is 2.96. The molecule has 1 aromatic rings. The minimum atomic E-state index is -0.581. The van der Waals surface area contributed by atoms with Gasteiger partial charge in [0.2, 0.25) is 11.8 Å². The van der Waals surface area contributed by atoms with Crippen molar-refractivity contribution in [3.05, 3.63) is 35.4 Å². The molecule has 1 heterocycles. The van der Waals surface area contributed by atoms with Gasteiger partial charge in [-0.05, 0) is 30.4 Å². The van der Waals surface area contributed by atoms with Crippen LogP contribution in [-0.2, 0) is 16.0 Å². The number of hydrogen-bond acceptors (Lipinski definition) is 3. The summed E-state index contributed by atoms with van der Waals surface area (Å²) >= 11 is 0. The Kier molecular flexibility index (Phi) is 5.42. The highest BCUT2D eigenvalue weighted by Crippen LogP contribution is 2.32. The SMILES string of the molecule is CCC(C)C(=O)N1CCCC(C(=O)NC2c3ccccc3CC2O)C1. The Morgan fingerprint density at radius 3 is 2.88 bits per heavy atom. The molecule has 3 rings (SSSR count). The van der Waals surface area contributed by atoms with Crippen molar-refractivity contribution in [2.75, 3.05) is 13.1 Å². The first-order valence-corrected chi connectivity index (χ1v) is 9.36. The summed E-state index contributed by atoms with van der Waals surface area (Å²) in [4.78, 5) is 27.0. The quantitative estimate of drug-likeness (QED) is 0.878. The first kappa shape index (κ1) is 17.9. The number of likely N-dealkylation sites (tertiary alicyclic amines) is 1. The van der Waals surface area contributed by atoms with E-state index in [9.17, 15) is 14.7 Å². The maximum absolute atomic E-state index is 12.8. The van der Waals surface area contributed by atoms with Crippen LogP contribution in [0.1, 0.15) is 50.3 Å². The average molecular weight is 344 g/mol. The van der Waals surface area contributed by atoms with Gasteiger partial charge in [-0.15, -0.1) is 0 Å². The van der Waals surface area contributed by atoms with Gasteiger partial charge in [0.1, 0.15) is 0 Å². The number of fused-ring (bicyclic) bond motifs is 1. The van der Waals surface area contributed by atoms with Crippen molar-refractivity contribution in [3.63, 3.8) is 0 Å². The summed E-state index contributed by atoms with van der Waals surface area (Å²) in [6.07, 6.45) is 2.45. The van der Waals surface area contributed by atoms with Crippen LogP contribution in [0, 0.1) is 11.8 Å². The number of carbonyl (C=O) groups is 2. The summed E-state index contributed by atoms with van der Waals surface area (Å²) < 4.78 is 0. The van der Waals surface area contributed by atoms with E-state index in [1.165, 1.54) is 0 Å². The van der Waals surface area contributed by atoms with Crippen LogP contribution in [0.3, 0.4) is 0 Å². The van der Waals surface area contributed by atoms with Gasteiger partial charge in [-0.2, -0.15) is 0 Å². The van der Waals surface area contributed by atoms with Gasteiger partial charge in [0, 0.05) is 25.4 Å². The lowest BCUT2D eigenvalue weighted by atomic mass is 9.94. The smallest absolute Gasteiger partial charge is 0.225 e. The molecule has 1 aliphatic heterocycles. The molecule has 0 saturated carbocycles. The van der Waals surface area contributed by atoms with E-state index in [0.29, 0.717) is 13.0 Å². The molecular weight excluding hydrogens is 316 g/mol. The number of aliphatic hydroxyl groups is 1. The fourth-order valence-electron chi connectivity index (χ4n) is 3.90. The van der Waals surface area contributed by atoms with Gasteiger partial charge < -0.3 is 15.3 Å². The van der Waals surface area contributed by atoms with Crippen LogP contribution in [0.25, 0.3) is 0 Å². The van der Waals surface area contributed by atoms with E-state index >= 15 is 0 Å². The van der Waals surface area contributed by atoms with E-state index in [1.807, 2.05) is 43.0 Å². The van der Waals surface area contributed by atoms with Crippen molar-refractivity contribution < 1.29 is 14.7 Å². The first-order chi connectivity index (χ1) is 12.0. The fraction of sp³-hybridized carbons (Fsp3) is 0.600. The number of rotatable bonds is 4. The Hall–Kier alpha value is -1.88. The zero-order chi connectivity index (χ0) is 18.0. The summed E-state index contributed by atoms with van der Waals surface area (Å²) in [6, 6.07) is 7.51. The molecule has 1 fully saturated rings. The second kappa shape index (κ2) is 7.56. The molecule has 25 heavy (non-hydrogen) atoms. The van der Waals surface area contributed by atoms with E-state index in [4.69, 9.17) is 0 Å². The molecule has 2 amide bonds. The molecule has 5 heteroatoms. The topological polar surface area (TPSA) is 69.6 Å². The maximum atomic E-state index is 12.8. The maximum Gasteiger partial charge on any atom is 0.225 e. The normalized spacial score (nSPS) is 26.8. The molecular formula is C20H28N2O3. The van der Waals surface area contributed by atoms with E-state index in [2.05, 4.69) is 5.32 Å². The van der Waals surface area contributed by atoms with Crippen LogP contribution >= 0.6 is 0 Å². The number of piperidine rings is 1. The lowest BCUT2D eigenvalue weighted by Gasteiger charge is -2.34. The molecule has 5 nitrogen and oxygen atoms in total. The molecule has 2 aliphatic rings. The summed E-state index contributed by atoms with van der Waals surface area (Å²) in [7, 11) is 0. The standard InChI is InChI=1S/C20H28N2O3/c1-3-13(2)20(25)22-10-6-8-15(12-22)19(24)21-18-16-9-5-4-7-14(16)11-17(18)23/h4-5,7,9,13,15,17-18,23H,3,6,8,10-12H2,1-2H3,(H,21,24). The van der Waals surface area contributed by atoms with Gasteiger partial charge in [0.25, 0.3) is 0 Å². The van der Waals surface area contributed by atoms with Crippen LogP contribution in [-0.4, -0.2) is 41.0 Å². The van der Waals surface area contributed by atoms with Crippen molar-refractivity contribution >= 4 is 11.8 Å². The molecule has 4 atom stereocenters. The number of aliphatic hydroxyl groups excluding tert-OH is 1. The Morgan fingerprint density at radius 2 is 2.12 bits per heavy atom. The highest BCUT2D eigenvalue weighted by atomic mass is 16.3. The van der Waals surface area contributed by atoms with E-state index in [0.717, 1.165) is 36.9 Å². The van der Waals surface area contributed by atoms with Gasteiger partial charge in [0.15, 0.2) is 0 Å². The van der Waals surface area contributed by atoms with Crippen molar-refractivity contribution in [1.29, 1.82) is 0 Å². The predicted octanol–water partition coefficient (Wildman–Crippen LogP) is 2.05. The second-order valence-corrected chi connectivity index (χ2v) is 7.39. The van der Waals surface area contributed by atoms with Gasteiger partial charge in [-0.3, -0.25) is 9.59 Å². The van der Waals surface area contributed by atoms with E-state index in [1.54, 1.807) is 0 Å². The molecule has 0 bridgehead atoms. The molecule has 2 N–H and O–H groups in total. The lowest BCUT2D eigenvalue weighted by molar-refractivity contribution is -0.139. The van der Waals surface area contributed by atoms with Gasteiger partial charge >= 0.3 is 0 Å². The van der Waals surface area contributed by atoms with E-state index < -0.39 is 6.10 Å². The Bertz CT molecular complexity index is 646.